The van der Waals surface area contributed by atoms with Crippen LogP contribution in [0.25, 0.3) is 6.08 Å². The molecule has 0 aliphatic heterocycles. The third-order valence-corrected chi connectivity index (χ3v) is 5.21. The zero-order valence-electron chi connectivity index (χ0n) is 18.3. The average molecular weight is 421 g/mol. The van der Waals surface area contributed by atoms with E-state index in [4.69, 9.17) is 14.9 Å². The van der Waals surface area contributed by atoms with Crippen molar-refractivity contribution in [3.8, 4) is 5.75 Å². The first-order chi connectivity index (χ1) is 14.7. The molecule has 0 fully saturated rings. The molecule has 1 aromatic rings. The number of rotatable bonds is 18. The van der Waals surface area contributed by atoms with Crippen molar-refractivity contribution in [2.45, 2.75) is 89.6 Å². The number of esters is 1. The number of unbranched alkanes of at least 4 members (excludes halogenated alkanes) is 9. The van der Waals surface area contributed by atoms with Gasteiger partial charge in [0, 0.05) is 19.3 Å². The molecule has 0 radical (unpaired) electrons. The fourth-order valence-corrected chi connectivity index (χ4v) is 3.42. The van der Waals surface area contributed by atoms with Crippen LogP contribution in [-0.2, 0) is 9.53 Å². The Labute approximate surface area is 181 Å². The zero-order valence-corrected chi connectivity index (χ0v) is 18.3. The van der Waals surface area contributed by atoms with Gasteiger partial charge in [0.1, 0.15) is 11.9 Å². The standard InChI is InChI=1S/C25H40O5/c26-20-10-6-3-1-2-4-8-12-24(13-9-5-7-11-21-27)30-25(29)19-16-22-14-17-23(28)18-15-22/h14-19,24,26-28H,1-13,20-21H2/b19-16+/t24-/m0/s1. The molecule has 0 aliphatic rings. The van der Waals surface area contributed by atoms with E-state index in [9.17, 15) is 9.90 Å². The molecule has 1 atom stereocenters. The summed E-state index contributed by atoms with van der Waals surface area (Å²) in [6, 6.07) is 6.67. The van der Waals surface area contributed by atoms with Gasteiger partial charge in [-0.25, -0.2) is 4.79 Å². The highest BCUT2D eigenvalue weighted by Crippen LogP contribution is 2.17. The van der Waals surface area contributed by atoms with Gasteiger partial charge in [-0.2, -0.15) is 0 Å². The van der Waals surface area contributed by atoms with Gasteiger partial charge in [-0.15, -0.1) is 0 Å². The molecule has 3 N–H and O–H groups in total. The highest BCUT2D eigenvalue weighted by Gasteiger charge is 2.12. The van der Waals surface area contributed by atoms with Crippen LogP contribution in [0.2, 0.25) is 0 Å². The lowest BCUT2D eigenvalue weighted by molar-refractivity contribution is -0.143. The van der Waals surface area contributed by atoms with E-state index in [0.717, 1.165) is 69.8 Å². The number of aliphatic hydroxyl groups is 2. The number of ether oxygens (including phenoxy) is 1. The maximum atomic E-state index is 12.3. The minimum Gasteiger partial charge on any atom is -0.508 e. The summed E-state index contributed by atoms with van der Waals surface area (Å²) in [6.45, 7) is 0.519. The number of phenols is 1. The largest absolute Gasteiger partial charge is 0.508 e. The molecule has 0 amide bonds. The first kappa shape index (κ1) is 26.2. The molecule has 0 bridgehead atoms. The monoisotopic (exact) mass is 420 g/mol. The second kappa shape index (κ2) is 18.0. The van der Waals surface area contributed by atoms with Crippen LogP contribution >= 0.6 is 0 Å². The number of carbonyl (C=O) groups is 1. The van der Waals surface area contributed by atoms with Crippen molar-refractivity contribution in [3.05, 3.63) is 35.9 Å². The van der Waals surface area contributed by atoms with Gasteiger partial charge in [-0.3, -0.25) is 0 Å². The molecule has 0 saturated heterocycles. The molecule has 0 heterocycles. The highest BCUT2D eigenvalue weighted by molar-refractivity contribution is 5.87. The number of hydrogen-bond acceptors (Lipinski definition) is 5. The summed E-state index contributed by atoms with van der Waals surface area (Å²) in [5.74, 6) is -0.128. The van der Waals surface area contributed by atoms with Crippen LogP contribution < -0.4 is 0 Å². The second-order valence-electron chi connectivity index (χ2n) is 7.90. The van der Waals surface area contributed by atoms with Gasteiger partial charge >= 0.3 is 5.97 Å². The number of phenolic OH excluding ortho intramolecular Hbond substituents is 1. The van der Waals surface area contributed by atoms with Crippen molar-refractivity contribution in [2.24, 2.45) is 0 Å². The first-order valence-electron chi connectivity index (χ1n) is 11.5. The predicted octanol–water partition coefficient (Wildman–Crippen LogP) is 5.37. The summed E-state index contributed by atoms with van der Waals surface area (Å²) in [5.41, 5.74) is 0.839. The van der Waals surface area contributed by atoms with Crippen LogP contribution in [0.5, 0.6) is 5.75 Å². The van der Waals surface area contributed by atoms with Crippen LogP contribution in [0, 0.1) is 0 Å². The highest BCUT2D eigenvalue weighted by atomic mass is 16.5. The molecule has 170 valence electrons. The third kappa shape index (κ3) is 14.2. The topological polar surface area (TPSA) is 87.0 Å². The van der Waals surface area contributed by atoms with Gasteiger partial charge in [0.15, 0.2) is 0 Å². The Morgan fingerprint density at radius 3 is 1.73 bits per heavy atom. The third-order valence-electron chi connectivity index (χ3n) is 5.21. The number of benzene rings is 1. The van der Waals surface area contributed by atoms with E-state index in [-0.39, 0.29) is 31.0 Å². The van der Waals surface area contributed by atoms with Gasteiger partial charge in [0.25, 0.3) is 0 Å². The summed E-state index contributed by atoms with van der Waals surface area (Å²) in [4.78, 5) is 12.3. The van der Waals surface area contributed by atoms with E-state index in [1.165, 1.54) is 25.3 Å². The minimum atomic E-state index is -0.326. The summed E-state index contributed by atoms with van der Waals surface area (Å²) in [5, 5.41) is 27.0. The van der Waals surface area contributed by atoms with Gasteiger partial charge in [-0.05, 0) is 62.3 Å². The summed E-state index contributed by atoms with van der Waals surface area (Å²) < 4.78 is 5.71. The zero-order chi connectivity index (χ0) is 21.9. The molecule has 0 aromatic heterocycles. The minimum absolute atomic E-state index is 0.0644. The van der Waals surface area contributed by atoms with Gasteiger partial charge < -0.3 is 20.1 Å². The van der Waals surface area contributed by atoms with Crippen molar-refractivity contribution >= 4 is 12.0 Å². The lowest BCUT2D eigenvalue weighted by Gasteiger charge is -2.17. The Hall–Kier alpha value is -1.85. The average Bonchev–Trinajstić information content (AvgIpc) is 2.74. The smallest absolute Gasteiger partial charge is 0.331 e. The normalized spacial score (nSPS) is 12.3. The van der Waals surface area contributed by atoms with E-state index < -0.39 is 0 Å². The molecule has 0 spiro atoms. The van der Waals surface area contributed by atoms with Crippen molar-refractivity contribution < 1.29 is 24.9 Å². The van der Waals surface area contributed by atoms with Gasteiger partial charge in [0.05, 0.1) is 0 Å². The van der Waals surface area contributed by atoms with Gasteiger partial charge in [-0.1, -0.05) is 57.1 Å². The number of carbonyl (C=O) groups excluding carboxylic acids is 1. The van der Waals surface area contributed by atoms with E-state index in [0.29, 0.717) is 0 Å². The Balaban J connectivity index is 2.37. The SMILES string of the molecule is O=C(/C=C/c1ccc(O)cc1)O[C@H](CCCCCCO)CCCCCCCCCO. The van der Waals surface area contributed by atoms with Crippen LogP contribution in [-0.4, -0.2) is 40.6 Å². The number of hydrogen-bond donors (Lipinski definition) is 3. The second-order valence-corrected chi connectivity index (χ2v) is 7.90. The van der Waals surface area contributed by atoms with E-state index in [1.807, 2.05) is 0 Å². The molecular weight excluding hydrogens is 380 g/mol. The molecule has 1 rings (SSSR count). The Kier molecular flexibility index (Phi) is 15.7. The quantitative estimate of drug-likeness (QED) is 0.169. The van der Waals surface area contributed by atoms with Crippen molar-refractivity contribution in [2.75, 3.05) is 13.2 Å². The van der Waals surface area contributed by atoms with E-state index in [2.05, 4.69) is 0 Å². The molecule has 5 heteroatoms. The Morgan fingerprint density at radius 2 is 1.23 bits per heavy atom. The molecule has 0 unspecified atom stereocenters. The molecular formula is C25H40O5. The van der Waals surface area contributed by atoms with Crippen LogP contribution in [0.15, 0.2) is 30.3 Å². The first-order valence-corrected chi connectivity index (χ1v) is 11.5. The maximum absolute atomic E-state index is 12.3. The molecule has 30 heavy (non-hydrogen) atoms. The Morgan fingerprint density at radius 1 is 0.767 bits per heavy atom. The van der Waals surface area contributed by atoms with Crippen LogP contribution in [0.1, 0.15) is 89.0 Å². The lowest BCUT2D eigenvalue weighted by Crippen LogP contribution is -2.17. The molecule has 0 saturated carbocycles. The van der Waals surface area contributed by atoms with Gasteiger partial charge in [0.2, 0.25) is 0 Å². The lowest BCUT2D eigenvalue weighted by atomic mass is 10.0. The molecule has 0 aliphatic carbocycles. The number of aliphatic hydroxyl groups excluding tert-OH is 2. The van der Waals surface area contributed by atoms with Crippen molar-refractivity contribution in [3.63, 3.8) is 0 Å². The van der Waals surface area contributed by atoms with Crippen molar-refractivity contribution in [1.82, 2.24) is 0 Å². The van der Waals surface area contributed by atoms with Crippen molar-refractivity contribution in [1.29, 1.82) is 0 Å². The summed E-state index contributed by atoms with van der Waals surface area (Å²) in [6.07, 6.45) is 16.4. The summed E-state index contributed by atoms with van der Waals surface area (Å²) >= 11 is 0. The number of aromatic hydroxyl groups is 1. The molecule has 1 aromatic carbocycles. The fourth-order valence-electron chi connectivity index (χ4n) is 3.42. The molecule has 5 nitrogen and oxygen atoms in total. The predicted molar refractivity (Wildman–Crippen MR) is 121 cm³/mol. The van der Waals surface area contributed by atoms with E-state index >= 15 is 0 Å². The Bertz CT molecular complexity index is 567. The van der Waals surface area contributed by atoms with Crippen LogP contribution in [0.3, 0.4) is 0 Å². The maximum Gasteiger partial charge on any atom is 0.331 e. The summed E-state index contributed by atoms with van der Waals surface area (Å²) in [7, 11) is 0. The van der Waals surface area contributed by atoms with Crippen LogP contribution in [0.4, 0.5) is 0 Å². The fraction of sp³-hybridized carbons (Fsp3) is 0.640. The van der Waals surface area contributed by atoms with E-state index in [1.54, 1.807) is 30.3 Å².